The molecule has 0 saturated carbocycles. The largest absolute Gasteiger partial charge is 0.481 e. The second-order valence-corrected chi connectivity index (χ2v) is 19.5. The summed E-state index contributed by atoms with van der Waals surface area (Å²) in [7, 11) is -6.98. The number of methoxy groups -OCH3 is 1. The lowest BCUT2D eigenvalue weighted by Gasteiger charge is -2.30. The Kier molecular flexibility index (Phi) is 25.0. The SMILES string of the molecule is CC.CC.CC[N+](CCCS(=O)(=O)O)=c1ccc2c(C(C)(C)C)cc(/C=C/C=C3/N(CCCCCC(=O)O)c4ccc(S(=O)(=O)O)cc4C3(C)CCOCCOCCOCCOC)oc-2c1. The van der Waals surface area contributed by atoms with Gasteiger partial charge in [0.15, 0.2) is 0 Å². The summed E-state index contributed by atoms with van der Waals surface area (Å²) >= 11 is 0. The van der Waals surface area contributed by atoms with Crippen LogP contribution < -0.4 is 14.8 Å². The van der Waals surface area contributed by atoms with E-state index in [1.54, 1.807) is 13.2 Å². The Morgan fingerprint density at radius 1 is 0.848 bits per heavy atom. The number of aliphatic carboxylic acids is 1. The molecule has 0 spiro atoms. The Hall–Kier alpha value is -3.94. The summed E-state index contributed by atoms with van der Waals surface area (Å²) in [6, 6.07) is 12.6. The number of hydrogen-bond donors (Lipinski definition) is 3. The van der Waals surface area contributed by atoms with Crippen LogP contribution in [0.25, 0.3) is 17.4 Å². The highest BCUT2D eigenvalue weighted by molar-refractivity contribution is 7.86. The first-order valence-corrected chi connectivity index (χ1v) is 26.2. The van der Waals surface area contributed by atoms with E-state index in [-0.39, 0.29) is 28.9 Å². The first-order chi connectivity index (χ1) is 31.3. The maximum atomic E-state index is 12.4. The predicted molar refractivity (Wildman–Crippen MR) is 262 cm³/mol. The van der Waals surface area contributed by atoms with E-state index in [0.29, 0.717) is 109 Å². The monoisotopic (exact) mass is 965 g/mol. The van der Waals surface area contributed by atoms with E-state index < -0.39 is 31.6 Å². The minimum absolute atomic E-state index is 0.0666. The summed E-state index contributed by atoms with van der Waals surface area (Å²) in [6.45, 7) is 22.8. The fraction of sp³-hybridized carbons (Fsp3) is 0.592. The maximum absolute atomic E-state index is 12.4. The lowest BCUT2D eigenvalue weighted by Crippen LogP contribution is -2.31. The van der Waals surface area contributed by atoms with E-state index in [2.05, 4.69) is 25.7 Å². The first kappa shape index (κ1) is 58.2. The van der Waals surface area contributed by atoms with Crippen molar-refractivity contribution in [3.05, 3.63) is 82.6 Å². The average Bonchev–Trinajstić information content (AvgIpc) is 3.49. The number of hydrogen-bond acceptors (Lipinski definition) is 11. The third-order valence-electron chi connectivity index (χ3n) is 10.9. The molecule has 1 aliphatic carbocycles. The van der Waals surface area contributed by atoms with Gasteiger partial charge in [-0.25, -0.2) is 4.58 Å². The van der Waals surface area contributed by atoms with Gasteiger partial charge < -0.3 is 33.4 Å². The van der Waals surface area contributed by atoms with E-state index in [1.807, 2.05) is 88.6 Å². The van der Waals surface area contributed by atoms with Gasteiger partial charge in [0.25, 0.3) is 20.2 Å². The van der Waals surface area contributed by atoms with E-state index in [1.165, 1.54) is 12.1 Å². The summed E-state index contributed by atoms with van der Waals surface area (Å²) in [5.41, 5.74) is 3.33. The van der Waals surface area contributed by atoms with Crippen LogP contribution in [0.5, 0.6) is 0 Å². The van der Waals surface area contributed by atoms with Crippen molar-refractivity contribution in [2.75, 3.05) is 83.6 Å². The zero-order chi connectivity index (χ0) is 49.6. The standard InChI is InChI=1S/C45H64N2O13S2.2C2H6/c1-7-46(21-12-30-61(50,51)52)34-16-18-37-38(44(2,3)4)32-35(60-41(37)31-34)13-11-14-42-45(5,20-23-57-26-27-59-29-28-58-25-24-56-6)39-33-36(62(53,54)55)17-19-40(39)47(42)22-10-8-9-15-43(48)49;2*1-2/h11,13-14,16-19,31-33H,7-10,12,15,20-30H2,1-6H3,(H2-,48,49,50,51,52,53,54,55);2*1-2H3/p+1. The molecule has 1 unspecified atom stereocenters. The topological polar surface area (TPSA) is 202 Å². The van der Waals surface area contributed by atoms with Gasteiger partial charge in [-0.05, 0) is 92.1 Å². The van der Waals surface area contributed by atoms with Gasteiger partial charge in [-0.3, -0.25) is 13.9 Å². The molecular formula is C49H77N2O13S2+. The van der Waals surface area contributed by atoms with Crippen molar-refractivity contribution in [1.29, 1.82) is 0 Å². The van der Waals surface area contributed by atoms with Gasteiger partial charge in [0.2, 0.25) is 5.36 Å². The van der Waals surface area contributed by atoms with Gasteiger partial charge in [-0.15, -0.1) is 0 Å². The molecule has 0 bridgehead atoms. The number of ether oxygens (including phenoxy) is 4. The Bertz CT molecular complexity index is 2280. The quantitative estimate of drug-likeness (QED) is 0.0393. The van der Waals surface area contributed by atoms with Crippen LogP contribution in [0.4, 0.5) is 5.69 Å². The molecule has 1 aromatic rings. The fourth-order valence-electron chi connectivity index (χ4n) is 7.61. The van der Waals surface area contributed by atoms with E-state index in [4.69, 9.17) is 23.4 Å². The number of nitrogens with zero attached hydrogens (tertiary/aromatic N) is 2. The normalized spacial score (nSPS) is 16.2. The van der Waals surface area contributed by atoms with Crippen molar-refractivity contribution in [2.24, 2.45) is 0 Å². The van der Waals surface area contributed by atoms with Gasteiger partial charge >= 0.3 is 5.97 Å². The van der Waals surface area contributed by atoms with Crippen molar-refractivity contribution < 1.29 is 59.2 Å². The summed E-state index contributed by atoms with van der Waals surface area (Å²) in [5.74, 6) is 0.0535. The zero-order valence-electron chi connectivity index (χ0n) is 40.9. The third kappa shape index (κ3) is 18.3. The number of fused-ring (bicyclic) bond motifs is 2. The lowest BCUT2D eigenvalue weighted by atomic mass is 9.78. The molecule has 3 aliphatic rings. The molecular weight excluding hydrogens is 889 g/mol. The second-order valence-electron chi connectivity index (χ2n) is 16.5. The van der Waals surface area contributed by atoms with Gasteiger partial charge in [0, 0.05) is 61.5 Å². The molecule has 372 valence electrons. The van der Waals surface area contributed by atoms with E-state index in [0.717, 1.165) is 27.9 Å². The molecule has 0 saturated heterocycles. The lowest BCUT2D eigenvalue weighted by molar-refractivity contribution is -0.137. The fourth-order valence-corrected chi connectivity index (χ4v) is 8.62. The van der Waals surface area contributed by atoms with Crippen molar-refractivity contribution in [2.45, 2.75) is 117 Å². The number of rotatable bonds is 26. The highest BCUT2D eigenvalue weighted by Crippen LogP contribution is 2.51. The van der Waals surface area contributed by atoms with Crippen LogP contribution in [-0.4, -0.2) is 116 Å². The van der Waals surface area contributed by atoms with Crippen LogP contribution >= 0.6 is 0 Å². The van der Waals surface area contributed by atoms with E-state index in [9.17, 15) is 35.8 Å². The molecule has 1 atom stereocenters. The Balaban J connectivity index is 0.00000364. The Morgan fingerprint density at radius 2 is 1.48 bits per heavy atom. The molecule has 1 aromatic carbocycles. The number of unbranched alkanes of at least 4 members (excludes halogenated alkanes) is 2. The number of allylic oxidation sites excluding steroid dienone is 3. The molecule has 66 heavy (non-hydrogen) atoms. The Labute approximate surface area is 394 Å². The van der Waals surface area contributed by atoms with Crippen molar-refractivity contribution >= 4 is 38.0 Å². The van der Waals surface area contributed by atoms with Gasteiger partial charge in [-0.2, -0.15) is 16.8 Å². The molecule has 0 radical (unpaired) electrons. The highest BCUT2D eigenvalue weighted by Gasteiger charge is 2.43. The van der Waals surface area contributed by atoms with Crippen LogP contribution in [0.15, 0.2) is 69.6 Å². The molecule has 15 nitrogen and oxygen atoms in total. The number of carboxylic acids is 1. The molecule has 17 heteroatoms. The van der Waals surface area contributed by atoms with Crippen LogP contribution in [0.1, 0.15) is 118 Å². The van der Waals surface area contributed by atoms with Gasteiger partial charge in [0.05, 0.1) is 56.4 Å². The summed E-state index contributed by atoms with van der Waals surface area (Å²) in [5, 5.41) is 10.1. The van der Waals surface area contributed by atoms with Crippen LogP contribution in [0.2, 0.25) is 0 Å². The zero-order valence-corrected chi connectivity index (χ0v) is 42.6. The van der Waals surface area contributed by atoms with Gasteiger partial charge in [-0.1, -0.05) is 61.0 Å². The number of carboxylic acid groups (broad SMARTS) is 1. The highest BCUT2D eigenvalue weighted by atomic mass is 32.2. The molecule has 0 amide bonds. The summed E-state index contributed by atoms with van der Waals surface area (Å²) in [4.78, 5) is 13.1. The van der Waals surface area contributed by atoms with Crippen molar-refractivity contribution in [3.63, 3.8) is 0 Å². The van der Waals surface area contributed by atoms with Crippen LogP contribution in [-0.2, 0) is 54.8 Å². The van der Waals surface area contributed by atoms with Crippen LogP contribution in [0.3, 0.4) is 0 Å². The van der Waals surface area contributed by atoms with Crippen LogP contribution in [0, 0.1) is 0 Å². The minimum atomic E-state index is -4.52. The number of anilines is 1. The predicted octanol–water partition coefficient (Wildman–Crippen LogP) is 8.46. The second kappa shape index (κ2) is 28.4. The number of benzene rings is 2. The number of carbonyl (C=O) groups is 1. The third-order valence-corrected chi connectivity index (χ3v) is 12.5. The maximum Gasteiger partial charge on any atom is 0.303 e. The molecule has 3 N–H and O–H groups in total. The summed E-state index contributed by atoms with van der Waals surface area (Å²) < 4.78 is 97.6. The minimum Gasteiger partial charge on any atom is -0.481 e. The van der Waals surface area contributed by atoms with E-state index >= 15 is 0 Å². The van der Waals surface area contributed by atoms with Crippen molar-refractivity contribution in [3.8, 4) is 11.3 Å². The molecule has 0 fully saturated rings. The smallest absolute Gasteiger partial charge is 0.303 e. The average molecular weight is 966 g/mol. The first-order valence-electron chi connectivity index (χ1n) is 23.1. The molecule has 0 aromatic heterocycles. The van der Waals surface area contributed by atoms with Crippen molar-refractivity contribution in [1.82, 2.24) is 4.58 Å². The molecule has 2 aliphatic heterocycles. The molecule has 2 heterocycles. The van der Waals surface area contributed by atoms with Gasteiger partial charge in [0.1, 0.15) is 24.6 Å². The Morgan fingerprint density at radius 3 is 2.06 bits per heavy atom. The summed E-state index contributed by atoms with van der Waals surface area (Å²) in [6.07, 6.45) is 8.42. The molecule has 4 rings (SSSR count).